The van der Waals surface area contributed by atoms with Crippen LogP contribution in [0.5, 0.6) is 0 Å². The van der Waals surface area contributed by atoms with Crippen molar-refractivity contribution in [3.05, 3.63) is 23.3 Å². The number of benzene rings is 1. The number of ether oxygens (including phenoxy) is 1. The SMILES string of the molecule is COC1CCCC(Nc2cc(S(N)(=O)=O)cc(C)c2C)C1. The Morgan fingerprint density at radius 2 is 2.00 bits per heavy atom. The molecule has 0 bridgehead atoms. The summed E-state index contributed by atoms with van der Waals surface area (Å²) in [5.74, 6) is 0. The number of anilines is 1. The second-order valence-corrected chi connectivity index (χ2v) is 7.38. The molecule has 118 valence electrons. The lowest BCUT2D eigenvalue weighted by atomic mass is 9.92. The van der Waals surface area contributed by atoms with Gasteiger partial charge < -0.3 is 10.1 Å². The molecule has 1 aromatic carbocycles. The smallest absolute Gasteiger partial charge is 0.238 e. The Morgan fingerprint density at radius 3 is 2.62 bits per heavy atom. The molecule has 2 rings (SSSR count). The van der Waals surface area contributed by atoms with E-state index in [1.54, 1.807) is 19.2 Å². The van der Waals surface area contributed by atoms with Crippen LogP contribution < -0.4 is 10.5 Å². The number of nitrogens with two attached hydrogens (primary N) is 1. The van der Waals surface area contributed by atoms with Crippen molar-refractivity contribution in [2.45, 2.75) is 56.6 Å². The largest absolute Gasteiger partial charge is 0.382 e. The lowest BCUT2D eigenvalue weighted by Crippen LogP contribution is -2.31. The molecule has 0 heterocycles. The van der Waals surface area contributed by atoms with E-state index in [1.165, 1.54) is 0 Å². The Morgan fingerprint density at radius 1 is 1.29 bits per heavy atom. The van der Waals surface area contributed by atoms with Crippen molar-refractivity contribution < 1.29 is 13.2 Å². The molecule has 1 fully saturated rings. The molecule has 0 spiro atoms. The zero-order valence-corrected chi connectivity index (χ0v) is 13.7. The summed E-state index contributed by atoms with van der Waals surface area (Å²) < 4.78 is 28.6. The molecule has 2 unspecified atom stereocenters. The van der Waals surface area contributed by atoms with Gasteiger partial charge in [0, 0.05) is 18.8 Å². The van der Waals surface area contributed by atoms with E-state index in [4.69, 9.17) is 9.88 Å². The first-order valence-corrected chi connectivity index (χ1v) is 8.79. The Hall–Kier alpha value is -1.11. The van der Waals surface area contributed by atoms with Gasteiger partial charge in [0.05, 0.1) is 11.0 Å². The van der Waals surface area contributed by atoms with Crippen molar-refractivity contribution in [2.75, 3.05) is 12.4 Å². The Balaban J connectivity index is 2.25. The third-order valence-corrected chi connectivity index (χ3v) is 5.18. The van der Waals surface area contributed by atoms with Gasteiger partial charge in [0.2, 0.25) is 10.0 Å². The predicted molar refractivity (Wildman–Crippen MR) is 84.0 cm³/mol. The molecule has 6 heteroatoms. The van der Waals surface area contributed by atoms with E-state index in [0.29, 0.717) is 6.04 Å². The summed E-state index contributed by atoms with van der Waals surface area (Å²) in [6.45, 7) is 3.88. The van der Waals surface area contributed by atoms with E-state index in [0.717, 1.165) is 42.5 Å². The van der Waals surface area contributed by atoms with Crippen molar-refractivity contribution in [2.24, 2.45) is 5.14 Å². The highest BCUT2D eigenvalue weighted by atomic mass is 32.2. The molecule has 0 amide bonds. The van der Waals surface area contributed by atoms with Gasteiger partial charge in [-0.3, -0.25) is 0 Å². The van der Waals surface area contributed by atoms with E-state index < -0.39 is 10.0 Å². The molecule has 3 N–H and O–H groups in total. The highest BCUT2D eigenvalue weighted by Crippen LogP contribution is 2.28. The molecule has 2 atom stereocenters. The van der Waals surface area contributed by atoms with Gasteiger partial charge in [0.1, 0.15) is 0 Å². The number of aryl methyl sites for hydroxylation is 1. The van der Waals surface area contributed by atoms with Gasteiger partial charge in [-0.25, -0.2) is 13.6 Å². The number of hydrogen-bond acceptors (Lipinski definition) is 4. The van der Waals surface area contributed by atoms with Crippen LogP contribution in [0.1, 0.15) is 36.8 Å². The lowest BCUT2D eigenvalue weighted by Gasteiger charge is -2.30. The van der Waals surface area contributed by atoms with Crippen LogP contribution in [0, 0.1) is 13.8 Å². The number of methoxy groups -OCH3 is 1. The number of rotatable bonds is 4. The van der Waals surface area contributed by atoms with Crippen molar-refractivity contribution in [1.29, 1.82) is 0 Å². The molecule has 1 aliphatic rings. The molecular formula is C15H24N2O3S. The molecule has 0 aromatic heterocycles. The van der Waals surface area contributed by atoms with Crippen LogP contribution in [-0.4, -0.2) is 27.7 Å². The standard InChI is InChI=1S/C15H24N2O3S/c1-10-7-14(21(16,18)19)9-15(11(10)2)17-12-5-4-6-13(8-12)20-3/h7,9,12-13,17H,4-6,8H2,1-3H3,(H2,16,18,19). The minimum absolute atomic E-state index is 0.159. The van der Waals surface area contributed by atoms with Crippen molar-refractivity contribution in [3.8, 4) is 0 Å². The fraction of sp³-hybridized carbons (Fsp3) is 0.600. The van der Waals surface area contributed by atoms with E-state index >= 15 is 0 Å². The summed E-state index contributed by atoms with van der Waals surface area (Å²) in [5.41, 5.74) is 2.82. The van der Waals surface area contributed by atoms with E-state index in [1.807, 2.05) is 13.8 Å². The van der Waals surface area contributed by atoms with Gasteiger partial charge in [-0.05, 0) is 62.8 Å². The van der Waals surface area contributed by atoms with Gasteiger partial charge in [0.15, 0.2) is 0 Å². The molecule has 1 saturated carbocycles. The first-order valence-electron chi connectivity index (χ1n) is 7.24. The van der Waals surface area contributed by atoms with E-state index in [2.05, 4.69) is 5.32 Å². The average Bonchev–Trinajstić information content (AvgIpc) is 2.42. The third kappa shape index (κ3) is 3.96. The van der Waals surface area contributed by atoms with Crippen LogP contribution in [0.4, 0.5) is 5.69 Å². The summed E-state index contributed by atoms with van der Waals surface area (Å²) in [5, 5.41) is 8.71. The monoisotopic (exact) mass is 312 g/mol. The van der Waals surface area contributed by atoms with Crippen LogP contribution in [0.15, 0.2) is 17.0 Å². The van der Waals surface area contributed by atoms with Crippen LogP contribution >= 0.6 is 0 Å². The van der Waals surface area contributed by atoms with Crippen molar-refractivity contribution >= 4 is 15.7 Å². The highest BCUT2D eigenvalue weighted by molar-refractivity contribution is 7.89. The topological polar surface area (TPSA) is 81.4 Å². The first kappa shape index (κ1) is 16.3. The quantitative estimate of drug-likeness (QED) is 0.894. The molecule has 5 nitrogen and oxygen atoms in total. The number of primary sulfonamides is 1. The lowest BCUT2D eigenvalue weighted by molar-refractivity contribution is 0.0669. The van der Waals surface area contributed by atoms with E-state index in [-0.39, 0.29) is 11.0 Å². The Labute approximate surface area is 126 Å². The van der Waals surface area contributed by atoms with Gasteiger partial charge in [-0.15, -0.1) is 0 Å². The minimum atomic E-state index is -3.69. The molecule has 1 aromatic rings. The van der Waals surface area contributed by atoms with Gasteiger partial charge in [-0.2, -0.15) is 0 Å². The Bertz CT molecular complexity index is 614. The maximum Gasteiger partial charge on any atom is 0.238 e. The number of hydrogen-bond donors (Lipinski definition) is 2. The van der Waals surface area contributed by atoms with Crippen LogP contribution in [0.3, 0.4) is 0 Å². The summed E-state index contributed by atoms with van der Waals surface area (Å²) in [7, 11) is -1.95. The van der Waals surface area contributed by atoms with Gasteiger partial charge in [-0.1, -0.05) is 0 Å². The maximum atomic E-state index is 11.6. The zero-order chi connectivity index (χ0) is 15.6. The first-order chi connectivity index (χ1) is 9.81. The van der Waals surface area contributed by atoms with Crippen molar-refractivity contribution in [3.63, 3.8) is 0 Å². The van der Waals surface area contributed by atoms with Crippen LogP contribution in [-0.2, 0) is 14.8 Å². The minimum Gasteiger partial charge on any atom is -0.382 e. The number of sulfonamides is 1. The normalized spacial score (nSPS) is 23.0. The maximum absolute atomic E-state index is 11.6. The Kier molecular flexibility index (Phi) is 4.91. The van der Waals surface area contributed by atoms with Crippen molar-refractivity contribution in [1.82, 2.24) is 0 Å². The predicted octanol–water partition coefficient (Wildman–Crippen LogP) is 2.32. The second-order valence-electron chi connectivity index (χ2n) is 5.82. The third-order valence-electron chi connectivity index (χ3n) is 4.29. The summed E-state index contributed by atoms with van der Waals surface area (Å²) in [6.07, 6.45) is 4.48. The van der Waals surface area contributed by atoms with Crippen LogP contribution in [0.25, 0.3) is 0 Å². The van der Waals surface area contributed by atoms with Crippen LogP contribution in [0.2, 0.25) is 0 Å². The second kappa shape index (κ2) is 6.34. The summed E-state index contributed by atoms with van der Waals surface area (Å²) >= 11 is 0. The fourth-order valence-corrected chi connectivity index (χ4v) is 3.47. The number of nitrogens with one attached hydrogen (secondary N) is 1. The molecule has 0 saturated heterocycles. The zero-order valence-electron chi connectivity index (χ0n) is 12.8. The molecule has 1 aliphatic carbocycles. The summed E-state index contributed by atoms with van der Waals surface area (Å²) in [6, 6.07) is 3.56. The molecule has 21 heavy (non-hydrogen) atoms. The summed E-state index contributed by atoms with van der Waals surface area (Å²) in [4.78, 5) is 0.159. The van der Waals surface area contributed by atoms with E-state index in [9.17, 15) is 8.42 Å². The molecule has 0 aliphatic heterocycles. The average molecular weight is 312 g/mol. The van der Waals surface area contributed by atoms with Gasteiger partial charge >= 0.3 is 0 Å². The molecule has 0 radical (unpaired) electrons. The highest BCUT2D eigenvalue weighted by Gasteiger charge is 2.22. The molecular weight excluding hydrogens is 288 g/mol. The fourth-order valence-electron chi connectivity index (χ4n) is 2.85. The van der Waals surface area contributed by atoms with Gasteiger partial charge in [0.25, 0.3) is 0 Å².